The number of hydrogen-bond acceptors (Lipinski definition) is 4. The van der Waals surface area contributed by atoms with Gasteiger partial charge in [0.25, 0.3) is 0 Å². The van der Waals surface area contributed by atoms with Crippen molar-refractivity contribution in [2.24, 2.45) is 12.5 Å². The zero-order valence-corrected chi connectivity index (χ0v) is 9.82. The number of nitrogens with zero attached hydrogens (tertiary/aromatic N) is 4. The van der Waals surface area contributed by atoms with Gasteiger partial charge in [-0.3, -0.25) is 9.58 Å². The van der Waals surface area contributed by atoms with Gasteiger partial charge >= 0.3 is 0 Å². The Morgan fingerprint density at radius 1 is 1.50 bits per heavy atom. The molecule has 1 atom stereocenters. The van der Waals surface area contributed by atoms with Crippen molar-refractivity contribution < 1.29 is 0 Å². The van der Waals surface area contributed by atoms with Gasteiger partial charge in [0, 0.05) is 32.9 Å². The molecule has 3 heterocycles. The third kappa shape index (κ3) is 1.85. The monoisotopic (exact) mass is 221 g/mol. The Morgan fingerprint density at radius 3 is 3.12 bits per heavy atom. The van der Waals surface area contributed by atoms with E-state index in [4.69, 9.17) is 0 Å². The summed E-state index contributed by atoms with van der Waals surface area (Å²) in [7, 11) is 1.92. The predicted octanol–water partition coefficient (Wildman–Crippen LogP) is 0.000500. The van der Waals surface area contributed by atoms with E-state index in [1.165, 1.54) is 39.0 Å². The normalized spacial score (nSPS) is 30.6. The Labute approximate surface area is 95.8 Å². The van der Waals surface area contributed by atoms with Crippen LogP contribution < -0.4 is 5.32 Å². The molecule has 0 radical (unpaired) electrons. The maximum atomic E-state index is 4.15. The van der Waals surface area contributed by atoms with E-state index >= 15 is 0 Å². The summed E-state index contributed by atoms with van der Waals surface area (Å²) in [6.45, 7) is 5.77. The molecular weight excluding hydrogens is 202 g/mol. The smallest absolute Gasteiger partial charge is 0.0967 e. The van der Waals surface area contributed by atoms with Gasteiger partial charge in [0.1, 0.15) is 0 Å². The van der Waals surface area contributed by atoms with Gasteiger partial charge in [0.05, 0.1) is 5.69 Å². The Balaban J connectivity index is 1.61. The van der Waals surface area contributed by atoms with Crippen molar-refractivity contribution >= 4 is 0 Å². The fraction of sp³-hybridized carbons (Fsp3) is 0.818. The van der Waals surface area contributed by atoms with Crippen LogP contribution in [0.4, 0.5) is 0 Å². The van der Waals surface area contributed by atoms with E-state index in [0.717, 1.165) is 12.2 Å². The summed E-state index contributed by atoms with van der Waals surface area (Å²) in [4.78, 5) is 2.51. The fourth-order valence-corrected chi connectivity index (χ4v) is 3.00. The van der Waals surface area contributed by atoms with Crippen LogP contribution in [-0.4, -0.2) is 46.1 Å². The molecule has 1 unspecified atom stereocenters. The zero-order valence-electron chi connectivity index (χ0n) is 9.82. The van der Waals surface area contributed by atoms with Crippen molar-refractivity contribution in [3.8, 4) is 0 Å². The maximum absolute atomic E-state index is 4.15. The number of hydrogen-bond donors (Lipinski definition) is 1. The van der Waals surface area contributed by atoms with Crippen molar-refractivity contribution in [2.45, 2.75) is 19.4 Å². The first-order valence-corrected chi connectivity index (χ1v) is 6.04. The Bertz CT molecular complexity index is 366. The summed E-state index contributed by atoms with van der Waals surface area (Å²) in [6.07, 6.45) is 4.68. The quantitative estimate of drug-likeness (QED) is 0.763. The van der Waals surface area contributed by atoms with Gasteiger partial charge in [-0.25, -0.2) is 0 Å². The van der Waals surface area contributed by atoms with Crippen LogP contribution in [-0.2, 0) is 13.6 Å². The zero-order chi connectivity index (χ0) is 11.0. The van der Waals surface area contributed by atoms with E-state index in [1.807, 2.05) is 13.2 Å². The second-order valence-electron chi connectivity index (χ2n) is 5.27. The van der Waals surface area contributed by atoms with Crippen molar-refractivity contribution in [2.75, 3.05) is 26.2 Å². The summed E-state index contributed by atoms with van der Waals surface area (Å²) < 4.78 is 1.78. The van der Waals surface area contributed by atoms with Gasteiger partial charge in [0.15, 0.2) is 0 Å². The highest BCUT2D eigenvalue weighted by molar-refractivity contribution is 4.99. The van der Waals surface area contributed by atoms with E-state index in [9.17, 15) is 0 Å². The lowest BCUT2D eigenvalue weighted by Gasteiger charge is -2.22. The van der Waals surface area contributed by atoms with Gasteiger partial charge in [-0.2, -0.15) is 0 Å². The molecule has 5 nitrogen and oxygen atoms in total. The molecule has 5 heteroatoms. The number of aryl methyl sites for hydroxylation is 1. The predicted molar refractivity (Wildman–Crippen MR) is 60.8 cm³/mol. The summed E-state index contributed by atoms with van der Waals surface area (Å²) in [6, 6.07) is 0. The largest absolute Gasteiger partial charge is 0.316 e. The lowest BCUT2D eigenvalue weighted by atomic mass is 9.87. The van der Waals surface area contributed by atoms with Crippen molar-refractivity contribution in [1.82, 2.24) is 25.2 Å². The van der Waals surface area contributed by atoms with Crippen LogP contribution in [0.25, 0.3) is 0 Å². The highest BCUT2D eigenvalue weighted by atomic mass is 15.4. The standard InChI is InChI=1S/C11H19N5/c1-15-6-10(13-14-15)7-16-5-3-11(9-16)2-4-12-8-11/h6,12H,2-5,7-9H2,1H3. The molecule has 1 aromatic heterocycles. The first-order valence-electron chi connectivity index (χ1n) is 6.04. The first kappa shape index (κ1) is 10.2. The lowest BCUT2D eigenvalue weighted by molar-refractivity contribution is 0.266. The van der Waals surface area contributed by atoms with E-state index in [1.54, 1.807) is 4.68 Å². The molecule has 0 saturated carbocycles. The van der Waals surface area contributed by atoms with Crippen LogP contribution in [0, 0.1) is 5.41 Å². The summed E-state index contributed by atoms with van der Waals surface area (Å²) in [5.74, 6) is 0. The summed E-state index contributed by atoms with van der Waals surface area (Å²) in [5.41, 5.74) is 1.65. The molecule has 2 fully saturated rings. The highest BCUT2D eigenvalue weighted by Gasteiger charge is 2.40. The van der Waals surface area contributed by atoms with Crippen molar-refractivity contribution in [1.29, 1.82) is 0 Å². The van der Waals surface area contributed by atoms with Gasteiger partial charge in [0.2, 0.25) is 0 Å². The van der Waals surface area contributed by atoms with Gasteiger partial charge in [-0.15, -0.1) is 5.10 Å². The Hall–Kier alpha value is -0.940. The maximum Gasteiger partial charge on any atom is 0.0967 e. The molecule has 3 rings (SSSR count). The number of aromatic nitrogens is 3. The molecule has 2 aliphatic rings. The molecule has 2 saturated heterocycles. The lowest BCUT2D eigenvalue weighted by Crippen LogP contribution is -2.29. The third-order valence-electron chi connectivity index (χ3n) is 3.89. The molecule has 0 amide bonds. The van der Waals surface area contributed by atoms with E-state index < -0.39 is 0 Å². The van der Waals surface area contributed by atoms with Gasteiger partial charge in [-0.05, 0) is 31.3 Å². The molecule has 2 aliphatic heterocycles. The first-order chi connectivity index (χ1) is 7.76. The molecule has 1 aromatic rings. The summed E-state index contributed by atoms with van der Waals surface area (Å²) >= 11 is 0. The van der Waals surface area contributed by atoms with Crippen LogP contribution >= 0.6 is 0 Å². The van der Waals surface area contributed by atoms with Crippen LogP contribution in [0.1, 0.15) is 18.5 Å². The Morgan fingerprint density at radius 2 is 2.44 bits per heavy atom. The molecular formula is C11H19N5. The molecule has 0 aromatic carbocycles. The van der Waals surface area contributed by atoms with Crippen LogP contribution in [0.5, 0.6) is 0 Å². The number of nitrogens with one attached hydrogen (secondary N) is 1. The molecule has 0 aliphatic carbocycles. The molecule has 1 N–H and O–H groups in total. The molecule has 0 bridgehead atoms. The molecule has 16 heavy (non-hydrogen) atoms. The van der Waals surface area contributed by atoms with Crippen LogP contribution in [0.15, 0.2) is 6.20 Å². The van der Waals surface area contributed by atoms with E-state index in [-0.39, 0.29) is 0 Å². The Kier molecular flexibility index (Phi) is 2.44. The second-order valence-corrected chi connectivity index (χ2v) is 5.27. The van der Waals surface area contributed by atoms with Crippen molar-refractivity contribution in [3.63, 3.8) is 0 Å². The average molecular weight is 221 g/mol. The minimum absolute atomic E-state index is 0.558. The van der Waals surface area contributed by atoms with E-state index in [0.29, 0.717) is 5.41 Å². The van der Waals surface area contributed by atoms with Crippen LogP contribution in [0.3, 0.4) is 0 Å². The minimum atomic E-state index is 0.558. The van der Waals surface area contributed by atoms with E-state index in [2.05, 4.69) is 20.5 Å². The second kappa shape index (κ2) is 3.82. The molecule has 88 valence electrons. The topological polar surface area (TPSA) is 46.0 Å². The minimum Gasteiger partial charge on any atom is -0.316 e. The molecule has 1 spiro atoms. The highest BCUT2D eigenvalue weighted by Crippen LogP contribution is 2.36. The SMILES string of the molecule is Cn1cc(CN2CCC3(CCNC3)C2)nn1. The summed E-state index contributed by atoms with van der Waals surface area (Å²) in [5, 5.41) is 11.6. The van der Waals surface area contributed by atoms with Gasteiger partial charge in [-0.1, -0.05) is 5.21 Å². The fourth-order valence-electron chi connectivity index (χ4n) is 3.00. The third-order valence-corrected chi connectivity index (χ3v) is 3.89. The van der Waals surface area contributed by atoms with Crippen molar-refractivity contribution in [3.05, 3.63) is 11.9 Å². The van der Waals surface area contributed by atoms with Gasteiger partial charge < -0.3 is 5.32 Å². The number of rotatable bonds is 2. The average Bonchev–Trinajstić information content (AvgIpc) is 2.94. The number of likely N-dealkylation sites (tertiary alicyclic amines) is 1. The van der Waals surface area contributed by atoms with Crippen LogP contribution in [0.2, 0.25) is 0 Å².